The third-order valence-electron chi connectivity index (χ3n) is 3.03. The standard InChI is InChI=1S/C11H22N4O2/c1-2-15-5-3-9(4-6-15)14-11(17)8-13-10(16)7-12/h9H,2-8,12H2,1H3,(H,13,16)(H,14,17). The smallest absolute Gasteiger partial charge is 0.239 e. The predicted molar refractivity (Wildman–Crippen MR) is 65.3 cm³/mol. The molecule has 6 heteroatoms. The summed E-state index contributed by atoms with van der Waals surface area (Å²) < 4.78 is 0. The van der Waals surface area contributed by atoms with E-state index in [-0.39, 0.29) is 30.9 Å². The van der Waals surface area contributed by atoms with Crippen molar-refractivity contribution >= 4 is 11.8 Å². The quantitative estimate of drug-likeness (QED) is 0.557. The summed E-state index contributed by atoms with van der Waals surface area (Å²) in [6, 6.07) is 0.236. The van der Waals surface area contributed by atoms with Gasteiger partial charge < -0.3 is 21.3 Å². The van der Waals surface area contributed by atoms with Crippen molar-refractivity contribution in [2.75, 3.05) is 32.7 Å². The van der Waals surface area contributed by atoms with Gasteiger partial charge in [0.2, 0.25) is 11.8 Å². The largest absolute Gasteiger partial charge is 0.352 e. The van der Waals surface area contributed by atoms with Crippen LogP contribution in [0.15, 0.2) is 0 Å². The van der Waals surface area contributed by atoms with Crippen LogP contribution in [0.1, 0.15) is 19.8 Å². The highest BCUT2D eigenvalue weighted by molar-refractivity contribution is 5.85. The molecule has 0 aromatic rings. The molecule has 1 rings (SSSR count). The number of nitrogens with one attached hydrogen (secondary N) is 2. The normalized spacial score (nSPS) is 17.8. The summed E-state index contributed by atoms with van der Waals surface area (Å²) in [6.07, 6.45) is 1.95. The van der Waals surface area contributed by atoms with Crippen LogP contribution >= 0.6 is 0 Å². The second kappa shape index (κ2) is 7.24. The van der Waals surface area contributed by atoms with Crippen molar-refractivity contribution in [3.63, 3.8) is 0 Å². The molecule has 0 unspecified atom stereocenters. The van der Waals surface area contributed by atoms with Crippen LogP contribution < -0.4 is 16.4 Å². The summed E-state index contributed by atoms with van der Waals surface area (Å²) in [7, 11) is 0. The summed E-state index contributed by atoms with van der Waals surface area (Å²) in [6.45, 7) is 5.19. The lowest BCUT2D eigenvalue weighted by molar-refractivity contribution is -0.125. The Labute approximate surface area is 102 Å². The minimum Gasteiger partial charge on any atom is -0.352 e. The Morgan fingerprint density at radius 2 is 1.94 bits per heavy atom. The van der Waals surface area contributed by atoms with E-state index in [1.165, 1.54) is 0 Å². The molecule has 0 aromatic heterocycles. The molecule has 1 saturated heterocycles. The van der Waals surface area contributed by atoms with Gasteiger partial charge >= 0.3 is 0 Å². The van der Waals surface area contributed by atoms with Gasteiger partial charge in [-0.3, -0.25) is 9.59 Å². The number of rotatable bonds is 5. The molecule has 0 bridgehead atoms. The predicted octanol–water partition coefficient (Wildman–Crippen LogP) is -1.34. The first-order valence-electron chi connectivity index (χ1n) is 6.14. The lowest BCUT2D eigenvalue weighted by Crippen LogP contribution is -2.47. The summed E-state index contributed by atoms with van der Waals surface area (Å²) in [5, 5.41) is 5.38. The highest BCUT2D eigenvalue weighted by Crippen LogP contribution is 2.09. The Bertz CT molecular complexity index is 262. The number of hydrogen-bond acceptors (Lipinski definition) is 4. The van der Waals surface area contributed by atoms with Crippen LogP contribution in [0.2, 0.25) is 0 Å². The molecule has 1 aliphatic rings. The van der Waals surface area contributed by atoms with Crippen LogP contribution in [-0.4, -0.2) is 55.5 Å². The average molecular weight is 242 g/mol. The van der Waals surface area contributed by atoms with E-state index < -0.39 is 0 Å². The third-order valence-corrected chi connectivity index (χ3v) is 3.03. The summed E-state index contributed by atoms with van der Waals surface area (Å²) in [5.74, 6) is -0.442. The molecule has 0 aromatic carbocycles. The van der Waals surface area contributed by atoms with Crippen molar-refractivity contribution in [1.82, 2.24) is 15.5 Å². The third kappa shape index (κ3) is 5.14. The Balaban J connectivity index is 2.17. The highest BCUT2D eigenvalue weighted by atomic mass is 16.2. The number of nitrogens with two attached hydrogens (primary N) is 1. The van der Waals surface area contributed by atoms with E-state index in [2.05, 4.69) is 22.5 Å². The highest BCUT2D eigenvalue weighted by Gasteiger charge is 2.19. The van der Waals surface area contributed by atoms with Crippen molar-refractivity contribution in [3.8, 4) is 0 Å². The first-order chi connectivity index (χ1) is 8.15. The van der Waals surface area contributed by atoms with Crippen LogP contribution in [0, 0.1) is 0 Å². The summed E-state index contributed by atoms with van der Waals surface area (Å²) >= 11 is 0. The van der Waals surface area contributed by atoms with Gasteiger partial charge in [-0.15, -0.1) is 0 Å². The average Bonchev–Trinajstić information content (AvgIpc) is 2.36. The van der Waals surface area contributed by atoms with Crippen LogP contribution in [0.3, 0.4) is 0 Å². The Morgan fingerprint density at radius 1 is 1.29 bits per heavy atom. The molecule has 98 valence electrons. The van der Waals surface area contributed by atoms with Gasteiger partial charge in [-0.2, -0.15) is 0 Å². The van der Waals surface area contributed by atoms with E-state index >= 15 is 0 Å². The molecular weight excluding hydrogens is 220 g/mol. The van der Waals surface area contributed by atoms with E-state index in [1.807, 2.05) is 0 Å². The minimum atomic E-state index is -0.305. The fraction of sp³-hybridized carbons (Fsp3) is 0.818. The second-order valence-corrected chi connectivity index (χ2v) is 4.26. The summed E-state index contributed by atoms with van der Waals surface area (Å²) in [5.41, 5.74) is 5.12. The molecule has 0 radical (unpaired) electrons. The van der Waals surface area contributed by atoms with Crippen molar-refractivity contribution in [1.29, 1.82) is 0 Å². The number of likely N-dealkylation sites (tertiary alicyclic amines) is 1. The van der Waals surface area contributed by atoms with Gasteiger partial charge in [0.05, 0.1) is 13.1 Å². The molecule has 6 nitrogen and oxygen atoms in total. The van der Waals surface area contributed by atoms with Crippen molar-refractivity contribution in [2.24, 2.45) is 5.73 Å². The molecule has 4 N–H and O–H groups in total. The number of hydrogen-bond donors (Lipinski definition) is 3. The molecule has 0 aliphatic carbocycles. The maximum atomic E-state index is 11.5. The van der Waals surface area contributed by atoms with Gasteiger partial charge in [0.25, 0.3) is 0 Å². The van der Waals surface area contributed by atoms with E-state index in [9.17, 15) is 9.59 Å². The SMILES string of the molecule is CCN1CCC(NC(=O)CNC(=O)CN)CC1. The zero-order chi connectivity index (χ0) is 12.7. The van der Waals surface area contributed by atoms with Gasteiger partial charge in [0.15, 0.2) is 0 Å². The number of piperidine rings is 1. The maximum Gasteiger partial charge on any atom is 0.239 e. The monoisotopic (exact) mass is 242 g/mol. The second-order valence-electron chi connectivity index (χ2n) is 4.26. The van der Waals surface area contributed by atoms with E-state index in [1.54, 1.807) is 0 Å². The molecule has 2 amide bonds. The number of carbonyl (C=O) groups is 2. The lowest BCUT2D eigenvalue weighted by atomic mass is 10.1. The van der Waals surface area contributed by atoms with Gasteiger partial charge in [0, 0.05) is 19.1 Å². The fourth-order valence-electron chi connectivity index (χ4n) is 1.92. The number of nitrogens with zero attached hydrogens (tertiary/aromatic N) is 1. The maximum absolute atomic E-state index is 11.5. The van der Waals surface area contributed by atoms with Crippen LogP contribution in [-0.2, 0) is 9.59 Å². The van der Waals surface area contributed by atoms with Gasteiger partial charge in [-0.05, 0) is 19.4 Å². The van der Waals surface area contributed by atoms with Crippen molar-refractivity contribution in [2.45, 2.75) is 25.8 Å². The molecule has 1 fully saturated rings. The topological polar surface area (TPSA) is 87.5 Å². The van der Waals surface area contributed by atoms with E-state index in [0.717, 1.165) is 32.5 Å². The van der Waals surface area contributed by atoms with Crippen LogP contribution in [0.4, 0.5) is 0 Å². The molecule has 1 heterocycles. The molecule has 17 heavy (non-hydrogen) atoms. The molecule has 0 spiro atoms. The number of carbonyl (C=O) groups excluding carboxylic acids is 2. The minimum absolute atomic E-state index is 0.0179. The molecule has 0 atom stereocenters. The van der Waals surface area contributed by atoms with Crippen LogP contribution in [0.25, 0.3) is 0 Å². The van der Waals surface area contributed by atoms with Crippen LogP contribution in [0.5, 0.6) is 0 Å². The first-order valence-corrected chi connectivity index (χ1v) is 6.14. The van der Waals surface area contributed by atoms with E-state index in [4.69, 9.17) is 5.73 Å². The van der Waals surface area contributed by atoms with Gasteiger partial charge in [-0.25, -0.2) is 0 Å². The molecule has 0 saturated carbocycles. The first kappa shape index (κ1) is 13.9. The molecular formula is C11H22N4O2. The zero-order valence-corrected chi connectivity index (χ0v) is 10.4. The van der Waals surface area contributed by atoms with Crippen molar-refractivity contribution < 1.29 is 9.59 Å². The summed E-state index contributed by atoms with van der Waals surface area (Å²) in [4.78, 5) is 24.7. The van der Waals surface area contributed by atoms with Gasteiger partial charge in [-0.1, -0.05) is 6.92 Å². The Kier molecular flexibility index (Phi) is 5.93. The van der Waals surface area contributed by atoms with E-state index in [0.29, 0.717) is 0 Å². The lowest BCUT2D eigenvalue weighted by Gasteiger charge is -2.31. The fourth-order valence-corrected chi connectivity index (χ4v) is 1.92. The molecule has 1 aliphatic heterocycles. The Morgan fingerprint density at radius 3 is 2.47 bits per heavy atom. The van der Waals surface area contributed by atoms with Gasteiger partial charge in [0.1, 0.15) is 0 Å². The Hall–Kier alpha value is -1.14. The number of amides is 2. The van der Waals surface area contributed by atoms with Crippen molar-refractivity contribution in [3.05, 3.63) is 0 Å². The zero-order valence-electron chi connectivity index (χ0n) is 10.4.